The van der Waals surface area contributed by atoms with Gasteiger partial charge in [-0.25, -0.2) is 8.42 Å². The van der Waals surface area contributed by atoms with Gasteiger partial charge < -0.3 is 14.2 Å². The van der Waals surface area contributed by atoms with E-state index < -0.39 is 10.0 Å². The third kappa shape index (κ3) is 5.98. The van der Waals surface area contributed by atoms with Crippen LogP contribution in [0.25, 0.3) is 0 Å². The van der Waals surface area contributed by atoms with E-state index in [1.807, 2.05) is 37.8 Å². The van der Waals surface area contributed by atoms with E-state index in [4.69, 9.17) is 4.74 Å². The summed E-state index contributed by atoms with van der Waals surface area (Å²) in [6.45, 7) is 8.50. The van der Waals surface area contributed by atoms with Crippen LogP contribution in [0.4, 0.5) is 0 Å². The summed E-state index contributed by atoms with van der Waals surface area (Å²) in [6.07, 6.45) is 5.61. The van der Waals surface area contributed by atoms with Crippen molar-refractivity contribution in [3.63, 3.8) is 0 Å². The van der Waals surface area contributed by atoms with E-state index in [-0.39, 0.29) is 10.8 Å². The number of benzene rings is 1. The van der Waals surface area contributed by atoms with E-state index in [0.717, 1.165) is 31.4 Å². The molecule has 0 N–H and O–H groups in total. The second kappa shape index (κ2) is 11.2. The van der Waals surface area contributed by atoms with Crippen molar-refractivity contribution >= 4 is 15.9 Å². The van der Waals surface area contributed by atoms with E-state index in [9.17, 15) is 13.2 Å². The molecule has 0 bridgehead atoms. The molecule has 0 unspecified atom stereocenters. The normalized spacial score (nSPS) is 15.2. The van der Waals surface area contributed by atoms with Crippen LogP contribution in [0, 0.1) is 5.92 Å². The standard InChI is InChI=1S/C25H37N3O4S/c1-5-28(6-2)33(30,31)23-18-24(26(4)19-23)25(29)27-16-14-21(15-17-27)9-8-20-10-12-22(13-11-20)32-7-3/h10-13,18-19,21H,5-9,14-17H2,1-4H3. The molecule has 1 amide bonds. The largest absolute Gasteiger partial charge is 0.494 e. The lowest BCUT2D eigenvalue weighted by molar-refractivity contribution is 0.0677. The van der Waals surface area contributed by atoms with Crippen molar-refractivity contribution in [3.05, 3.63) is 47.8 Å². The Morgan fingerprint density at radius 3 is 2.30 bits per heavy atom. The van der Waals surface area contributed by atoms with Crippen LogP contribution in [-0.2, 0) is 23.5 Å². The fourth-order valence-corrected chi connectivity index (χ4v) is 6.01. The molecule has 2 aromatic rings. The number of nitrogens with zero attached hydrogens (tertiary/aromatic N) is 3. The fourth-order valence-electron chi connectivity index (χ4n) is 4.48. The van der Waals surface area contributed by atoms with Gasteiger partial charge in [0.2, 0.25) is 10.0 Å². The Balaban J connectivity index is 1.55. The van der Waals surface area contributed by atoms with Crippen LogP contribution >= 0.6 is 0 Å². The van der Waals surface area contributed by atoms with Crippen molar-refractivity contribution in [2.45, 2.75) is 51.3 Å². The fraction of sp³-hybridized carbons (Fsp3) is 0.560. The molecule has 33 heavy (non-hydrogen) atoms. The molecule has 1 aromatic heterocycles. The molecule has 0 aliphatic carbocycles. The first-order valence-electron chi connectivity index (χ1n) is 12.0. The van der Waals surface area contributed by atoms with Crippen LogP contribution in [0.15, 0.2) is 41.4 Å². The van der Waals surface area contributed by atoms with Gasteiger partial charge >= 0.3 is 0 Å². The van der Waals surface area contributed by atoms with E-state index in [1.54, 1.807) is 17.8 Å². The van der Waals surface area contributed by atoms with Crippen molar-refractivity contribution in [1.82, 2.24) is 13.8 Å². The molecule has 0 spiro atoms. The summed E-state index contributed by atoms with van der Waals surface area (Å²) in [7, 11) is -1.85. The molecule has 182 valence electrons. The highest BCUT2D eigenvalue weighted by Gasteiger charge is 2.29. The number of aryl methyl sites for hydroxylation is 2. The molecule has 2 heterocycles. The Hall–Kier alpha value is -2.32. The zero-order chi connectivity index (χ0) is 24.0. The monoisotopic (exact) mass is 475 g/mol. The third-order valence-corrected chi connectivity index (χ3v) is 8.53. The highest BCUT2D eigenvalue weighted by Crippen LogP contribution is 2.25. The lowest BCUT2D eigenvalue weighted by Gasteiger charge is -2.32. The number of sulfonamides is 1. The average Bonchev–Trinajstić information content (AvgIpc) is 3.22. The van der Waals surface area contributed by atoms with Gasteiger partial charge in [0, 0.05) is 39.4 Å². The molecule has 1 aliphatic rings. The van der Waals surface area contributed by atoms with Gasteiger partial charge in [0.25, 0.3) is 5.91 Å². The maximum Gasteiger partial charge on any atom is 0.270 e. The zero-order valence-electron chi connectivity index (χ0n) is 20.3. The van der Waals surface area contributed by atoms with Gasteiger partial charge in [0.15, 0.2) is 0 Å². The first-order chi connectivity index (χ1) is 15.8. The molecule has 1 fully saturated rings. The second-order valence-electron chi connectivity index (χ2n) is 8.61. The van der Waals surface area contributed by atoms with Gasteiger partial charge in [-0.2, -0.15) is 4.31 Å². The maximum atomic E-state index is 13.1. The first-order valence-corrected chi connectivity index (χ1v) is 13.4. The number of hydrogen-bond donors (Lipinski definition) is 0. The average molecular weight is 476 g/mol. The predicted molar refractivity (Wildman–Crippen MR) is 130 cm³/mol. The molecular formula is C25H37N3O4S. The SMILES string of the molecule is CCOc1ccc(CCC2CCN(C(=O)c3cc(S(=O)(=O)N(CC)CC)cn3C)CC2)cc1. The second-order valence-corrected chi connectivity index (χ2v) is 10.6. The highest BCUT2D eigenvalue weighted by molar-refractivity contribution is 7.89. The van der Waals surface area contributed by atoms with E-state index in [1.165, 1.54) is 15.9 Å². The summed E-state index contributed by atoms with van der Waals surface area (Å²) in [5, 5.41) is 0. The van der Waals surface area contributed by atoms with Crippen LogP contribution in [0.5, 0.6) is 5.75 Å². The molecular weight excluding hydrogens is 438 g/mol. The first kappa shape index (κ1) is 25.3. The summed E-state index contributed by atoms with van der Waals surface area (Å²) >= 11 is 0. The Kier molecular flexibility index (Phi) is 8.59. The van der Waals surface area contributed by atoms with Crippen LogP contribution in [0.3, 0.4) is 0 Å². The topological polar surface area (TPSA) is 71.8 Å². The van der Waals surface area contributed by atoms with Gasteiger partial charge in [0.05, 0.1) is 6.61 Å². The van der Waals surface area contributed by atoms with Gasteiger partial charge in [-0.15, -0.1) is 0 Å². The Morgan fingerprint density at radius 2 is 1.73 bits per heavy atom. The number of ether oxygens (including phenoxy) is 1. The number of rotatable bonds is 10. The third-order valence-electron chi connectivity index (χ3n) is 6.52. The Morgan fingerprint density at radius 1 is 1.09 bits per heavy atom. The molecule has 1 saturated heterocycles. The molecule has 7 nitrogen and oxygen atoms in total. The number of carbonyl (C=O) groups is 1. The Labute approximate surface area is 198 Å². The molecule has 8 heteroatoms. The smallest absolute Gasteiger partial charge is 0.270 e. The van der Waals surface area contributed by atoms with E-state index >= 15 is 0 Å². The van der Waals surface area contributed by atoms with Crippen molar-refractivity contribution < 1.29 is 17.9 Å². The molecule has 3 rings (SSSR count). The quantitative estimate of drug-likeness (QED) is 0.522. The lowest BCUT2D eigenvalue weighted by atomic mass is 9.90. The maximum absolute atomic E-state index is 13.1. The van der Waals surface area contributed by atoms with Crippen LogP contribution in [0.1, 0.15) is 56.1 Å². The van der Waals surface area contributed by atoms with Crippen molar-refractivity contribution in [2.75, 3.05) is 32.8 Å². The summed E-state index contributed by atoms with van der Waals surface area (Å²) < 4.78 is 34.2. The number of hydrogen-bond acceptors (Lipinski definition) is 4. The van der Waals surface area contributed by atoms with Gasteiger partial charge in [-0.05, 0) is 62.3 Å². The summed E-state index contributed by atoms with van der Waals surface area (Å²) in [6, 6.07) is 9.82. The molecule has 0 radical (unpaired) electrons. The van der Waals surface area contributed by atoms with Crippen LogP contribution < -0.4 is 4.74 Å². The van der Waals surface area contributed by atoms with E-state index in [2.05, 4.69) is 12.1 Å². The van der Waals surface area contributed by atoms with Crippen LogP contribution in [-0.4, -0.2) is 60.9 Å². The summed E-state index contributed by atoms with van der Waals surface area (Å²) in [4.78, 5) is 15.2. The van der Waals surface area contributed by atoms with Crippen molar-refractivity contribution in [3.8, 4) is 5.75 Å². The van der Waals surface area contributed by atoms with E-state index in [0.29, 0.717) is 44.4 Å². The molecule has 1 aromatic carbocycles. The van der Waals surface area contributed by atoms with Crippen molar-refractivity contribution in [2.24, 2.45) is 13.0 Å². The Bertz CT molecular complexity index is 1020. The number of carbonyl (C=O) groups excluding carboxylic acids is 1. The molecule has 1 aliphatic heterocycles. The van der Waals surface area contributed by atoms with Gasteiger partial charge in [-0.3, -0.25) is 4.79 Å². The highest BCUT2D eigenvalue weighted by atomic mass is 32.2. The molecule has 0 atom stereocenters. The molecule has 0 saturated carbocycles. The number of likely N-dealkylation sites (tertiary alicyclic amines) is 1. The summed E-state index contributed by atoms with van der Waals surface area (Å²) in [5.41, 5.74) is 1.73. The minimum absolute atomic E-state index is 0.0940. The minimum atomic E-state index is -3.58. The number of amides is 1. The number of aromatic nitrogens is 1. The van der Waals surface area contributed by atoms with Crippen molar-refractivity contribution in [1.29, 1.82) is 0 Å². The van der Waals surface area contributed by atoms with Crippen LogP contribution in [0.2, 0.25) is 0 Å². The van der Waals surface area contributed by atoms with Gasteiger partial charge in [0.1, 0.15) is 16.3 Å². The summed E-state index contributed by atoms with van der Waals surface area (Å²) in [5.74, 6) is 1.40. The van der Waals surface area contributed by atoms with Gasteiger partial charge in [-0.1, -0.05) is 26.0 Å². The number of piperidine rings is 1. The predicted octanol–water partition coefficient (Wildman–Crippen LogP) is 3.94. The zero-order valence-corrected chi connectivity index (χ0v) is 21.1. The minimum Gasteiger partial charge on any atom is -0.494 e. The lowest BCUT2D eigenvalue weighted by Crippen LogP contribution is -2.39.